The molecule has 6 aromatic carbocycles. The van der Waals surface area contributed by atoms with Crippen LogP contribution in [0.2, 0.25) is 0 Å². The summed E-state index contributed by atoms with van der Waals surface area (Å²) in [6.07, 6.45) is 0. The lowest BCUT2D eigenvalue weighted by Crippen LogP contribution is -2.30. The second kappa shape index (κ2) is 9.82. The van der Waals surface area contributed by atoms with Gasteiger partial charge in [-0.05, 0) is 70.1 Å². The number of aromatic nitrogens is 2. The van der Waals surface area contributed by atoms with Crippen LogP contribution < -0.4 is 4.57 Å². The van der Waals surface area contributed by atoms with E-state index >= 15 is 0 Å². The lowest BCUT2D eigenvalue weighted by molar-refractivity contribution is -0.633. The van der Waals surface area contributed by atoms with E-state index in [0.717, 1.165) is 45.1 Å². The summed E-state index contributed by atoms with van der Waals surface area (Å²) in [6, 6.07) is 29.9. The molecule has 2 aromatic heterocycles. The number of imidazole rings is 1. The van der Waals surface area contributed by atoms with Gasteiger partial charge in [0, 0.05) is 41.1 Å². The summed E-state index contributed by atoms with van der Waals surface area (Å²) in [7, 11) is 1.71. The van der Waals surface area contributed by atoms with Crippen LogP contribution in [0.1, 0.15) is 75.1 Å². The Kier molecular flexibility index (Phi) is 3.51. The molecule has 0 bridgehead atoms. The molecule has 0 unspecified atom stereocenters. The largest absolute Gasteiger partial charge is 0.455 e. The summed E-state index contributed by atoms with van der Waals surface area (Å²) < 4.78 is 131. The topological polar surface area (TPSA) is 21.9 Å². The van der Waals surface area contributed by atoms with Crippen LogP contribution in [-0.4, -0.2) is 4.57 Å². The Bertz CT molecular complexity index is 2880. The summed E-state index contributed by atoms with van der Waals surface area (Å²) in [5.74, 6) is -6.66. The molecule has 8 aromatic rings. The summed E-state index contributed by atoms with van der Waals surface area (Å²) >= 11 is 0. The highest BCUT2D eigenvalue weighted by atomic mass is 16.3. The van der Waals surface area contributed by atoms with E-state index in [1.165, 1.54) is 4.57 Å². The van der Waals surface area contributed by atoms with Crippen LogP contribution in [0.5, 0.6) is 0 Å². The van der Waals surface area contributed by atoms with E-state index in [2.05, 4.69) is 0 Å². The third-order valence-corrected chi connectivity index (χ3v) is 8.75. The summed E-state index contributed by atoms with van der Waals surface area (Å²) in [5, 5.41) is 5.50. The first-order valence-corrected chi connectivity index (χ1v) is 14.3. The number of hydrogen-bond donors (Lipinski definition) is 0. The van der Waals surface area contributed by atoms with Gasteiger partial charge in [0.2, 0.25) is 0 Å². The van der Waals surface area contributed by atoms with E-state index in [1.54, 1.807) is 35.9 Å². The number of para-hydroxylation sites is 3. The maximum Gasteiger partial charge on any atom is 0.299 e. The standard InChI is InChI=1S/C41H37N2O/c1-24(2)29-14-11-15-30(25(3)4)39(29)43-36-17-10-9-16-35(36)42(6)41(43)38-26(5)18-21-32-34-22-28-20-19-27-12-7-8-13-31(27)33(28)23-37(34)44-40(32)38/h7-25H,1-6H3/q+1/i1D3,2D3,3D3,4D3,24D,25D. The summed E-state index contributed by atoms with van der Waals surface area (Å²) in [5.41, 5.74) is 0.892. The Morgan fingerprint density at radius 1 is 0.705 bits per heavy atom. The predicted molar refractivity (Wildman–Crippen MR) is 185 cm³/mol. The molecule has 0 spiro atoms. The van der Waals surface area contributed by atoms with E-state index in [9.17, 15) is 2.74 Å². The van der Waals surface area contributed by atoms with E-state index in [1.807, 2.05) is 67.6 Å². The Balaban J connectivity index is 1.59. The number of benzene rings is 6. The van der Waals surface area contributed by atoms with Gasteiger partial charge in [0.1, 0.15) is 16.8 Å². The maximum absolute atomic E-state index is 9.43. The SMILES string of the molecule is [2H]C([2H])([2H])C([2H])(c1cccc(C([2H])(C([2H])([2H])[2H])C([2H])([2H])[2H])c1-n1c(-c2c(C)ccc3c2oc2cc4c(ccc5ccccc54)cc23)[n+](C)c2ccccc21)C([2H])([2H])[2H]. The molecule has 0 saturated heterocycles. The number of nitrogens with zero attached hydrogens (tertiary/aromatic N) is 2. The van der Waals surface area contributed by atoms with Gasteiger partial charge < -0.3 is 4.42 Å². The molecule has 0 atom stereocenters. The first kappa shape index (κ1) is 15.7. The van der Waals surface area contributed by atoms with Gasteiger partial charge >= 0.3 is 0 Å². The number of hydrogen-bond acceptors (Lipinski definition) is 1. The zero-order valence-corrected chi connectivity index (χ0v) is 24.1. The molecule has 44 heavy (non-hydrogen) atoms. The predicted octanol–water partition coefficient (Wildman–Crippen LogP) is 10.9. The fourth-order valence-corrected chi connectivity index (χ4v) is 6.73. The van der Waals surface area contributed by atoms with Crippen LogP contribution in [0.25, 0.3) is 71.6 Å². The van der Waals surface area contributed by atoms with Gasteiger partial charge in [0.05, 0.1) is 7.05 Å². The highest BCUT2D eigenvalue weighted by Crippen LogP contribution is 2.43. The molecule has 0 aliphatic rings. The molecule has 8 rings (SSSR count). The second-order valence-electron chi connectivity index (χ2n) is 11.3. The molecule has 3 heteroatoms. The Labute approximate surface area is 277 Å². The Morgan fingerprint density at radius 3 is 2.23 bits per heavy atom. The van der Waals surface area contributed by atoms with Gasteiger partial charge in [-0.2, -0.15) is 4.57 Å². The van der Waals surface area contributed by atoms with Crippen molar-refractivity contribution in [3.05, 3.63) is 120 Å². The lowest BCUT2D eigenvalue weighted by atomic mass is 9.92. The van der Waals surface area contributed by atoms with Crippen molar-refractivity contribution in [3.63, 3.8) is 0 Å². The van der Waals surface area contributed by atoms with Crippen molar-refractivity contribution < 1.29 is 28.2 Å². The fourth-order valence-electron chi connectivity index (χ4n) is 6.73. The highest BCUT2D eigenvalue weighted by Gasteiger charge is 2.33. The van der Waals surface area contributed by atoms with Gasteiger partial charge in [-0.15, -0.1) is 0 Å². The average Bonchev–Trinajstić information content (AvgIpc) is 3.64. The van der Waals surface area contributed by atoms with Crippen molar-refractivity contribution in [2.45, 2.75) is 46.1 Å². The average molecular weight is 588 g/mol. The van der Waals surface area contributed by atoms with Crippen molar-refractivity contribution in [3.8, 4) is 17.1 Å². The molecule has 0 aliphatic heterocycles. The van der Waals surface area contributed by atoms with E-state index < -0.39 is 56.0 Å². The van der Waals surface area contributed by atoms with Gasteiger partial charge in [-0.25, -0.2) is 4.57 Å². The molecule has 0 N–H and O–H groups in total. The smallest absolute Gasteiger partial charge is 0.299 e. The number of fused-ring (bicyclic) bond motifs is 7. The monoisotopic (exact) mass is 587 g/mol. The fraction of sp³-hybridized carbons (Fsp3) is 0.195. The zero-order valence-electron chi connectivity index (χ0n) is 38.1. The first-order chi connectivity index (χ1) is 26.9. The minimum Gasteiger partial charge on any atom is -0.455 e. The molecule has 3 nitrogen and oxygen atoms in total. The number of rotatable bonds is 4. The summed E-state index contributed by atoms with van der Waals surface area (Å²) in [6.45, 7) is -12.4. The zero-order chi connectivity index (χ0) is 42.1. The molecule has 0 aliphatic carbocycles. The molecule has 0 radical (unpaired) electrons. The van der Waals surface area contributed by atoms with E-state index in [4.69, 9.17) is 20.9 Å². The van der Waals surface area contributed by atoms with E-state index in [-0.39, 0.29) is 11.3 Å². The molecule has 0 saturated carbocycles. The van der Waals surface area contributed by atoms with Gasteiger partial charge in [-0.1, -0.05) is 106 Å². The Morgan fingerprint density at radius 2 is 1.43 bits per heavy atom. The quantitative estimate of drug-likeness (QED) is 0.148. The van der Waals surface area contributed by atoms with Crippen molar-refractivity contribution in [2.24, 2.45) is 7.05 Å². The third-order valence-electron chi connectivity index (χ3n) is 8.75. The van der Waals surface area contributed by atoms with Crippen LogP contribution in [0, 0.1) is 6.92 Å². The van der Waals surface area contributed by atoms with Gasteiger partial charge in [-0.3, -0.25) is 0 Å². The summed E-state index contributed by atoms with van der Waals surface area (Å²) in [4.78, 5) is 0. The molecular formula is C41H37N2O+. The maximum atomic E-state index is 9.43. The van der Waals surface area contributed by atoms with Gasteiger partial charge in [0.25, 0.3) is 5.82 Å². The van der Waals surface area contributed by atoms with Crippen molar-refractivity contribution >= 4 is 54.5 Å². The first-order valence-electron chi connectivity index (χ1n) is 21.3. The van der Waals surface area contributed by atoms with Crippen molar-refractivity contribution in [1.82, 2.24) is 4.57 Å². The Hall–Kier alpha value is -4.89. The van der Waals surface area contributed by atoms with Gasteiger partial charge in [0.15, 0.2) is 16.6 Å². The normalized spacial score (nSPS) is 18.6. The second-order valence-corrected chi connectivity index (χ2v) is 11.3. The minimum atomic E-state index is -3.57. The molecule has 2 heterocycles. The minimum absolute atomic E-state index is 0.226. The molecule has 0 fully saturated rings. The van der Waals surface area contributed by atoms with Crippen molar-refractivity contribution in [1.29, 1.82) is 0 Å². The number of aryl methyl sites for hydroxylation is 2. The van der Waals surface area contributed by atoms with Crippen LogP contribution in [0.15, 0.2) is 108 Å². The highest BCUT2D eigenvalue weighted by molar-refractivity contribution is 6.17. The molecule has 0 amide bonds. The third kappa shape index (κ3) is 3.78. The lowest BCUT2D eigenvalue weighted by Gasteiger charge is -2.18. The molecule has 216 valence electrons. The van der Waals surface area contributed by atoms with Crippen LogP contribution in [0.4, 0.5) is 0 Å². The molecular weight excluding hydrogens is 536 g/mol. The van der Waals surface area contributed by atoms with Crippen LogP contribution in [-0.2, 0) is 7.05 Å². The van der Waals surface area contributed by atoms with Crippen LogP contribution >= 0.6 is 0 Å². The van der Waals surface area contributed by atoms with E-state index in [0.29, 0.717) is 33.2 Å². The van der Waals surface area contributed by atoms with Crippen LogP contribution in [0.3, 0.4) is 0 Å². The number of furan rings is 1. The van der Waals surface area contributed by atoms with Crippen molar-refractivity contribution in [2.75, 3.05) is 0 Å².